The molecule has 0 saturated carbocycles. The molecule has 98 valence electrons. The largest absolute Gasteiger partial charge is 0.380 e. The molecule has 0 amide bonds. The molecule has 1 heterocycles. The van der Waals surface area contributed by atoms with Crippen molar-refractivity contribution >= 4 is 11.3 Å². The maximum absolute atomic E-state index is 5.49. The highest BCUT2D eigenvalue weighted by Crippen LogP contribution is 2.16. The number of thiazole rings is 1. The van der Waals surface area contributed by atoms with Crippen LogP contribution >= 0.6 is 11.3 Å². The molecule has 1 atom stereocenters. The highest BCUT2D eigenvalue weighted by atomic mass is 32.1. The first-order valence-corrected chi connectivity index (χ1v) is 7.10. The fraction of sp³-hybridized carbons (Fsp3) is 0.769. The molecule has 1 N–H and O–H groups in total. The number of aromatic nitrogens is 1. The molecule has 0 bridgehead atoms. The van der Waals surface area contributed by atoms with Crippen molar-refractivity contribution in [3.8, 4) is 0 Å². The van der Waals surface area contributed by atoms with Gasteiger partial charge in [-0.1, -0.05) is 13.8 Å². The Bertz CT molecular complexity index is 317. The third-order valence-electron chi connectivity index (χ3n) is 2.89. The maximum Gasteiger partial charge on any atom is 0.107 e. The van der Waals surface area contributed by atoms with E-state index in [2.05, 4.69) is 38.0 Å². The van der Waals surface area contributed by atoms with Gasteiger partial charge in [0.25, 0.3) is 0 Å². The molecule has 3 nitrogen and oxygen atoms in total. The van der Waals surface area contributed by atoms with Crippen LogP contribution in [-0.2, 0) is 11.3 Å². The quantitative estimate of drug-likeness (QED) is 0.814. The van der Waals surface area contributed by atoms with E-state index >= 15 is 0 Å². The molecular weight excluding hydrogens is 232 g/mol. The molecule has 1 rings (SSSR count). The summed E-state index contributed by atoms with van der Waals surface area (Å²) in [6.45, 7) is 13.0. The lowest BCUT2D eigenvalue weighted by Crippen LogP contribution is -2.37. The van der Waals surface area contributed by atoms with Crippen molar-refractivity contribution in [2.24, 2.45) is 5.92 Å². The Morgan fingerprint density at radius 2 is 2.06 bits per heavy atom. The molecule has 0 spiro atoms. The van der Waals surface area contributed by atoms with Crippen molar-refractivity contribution in [3.63, 3.8) is 0 Å². The number of aryl methyl sites for hydroxylation is 2. The standard InChI is InChI=1S/C13H24N2OS/c1-6-16-8-12(9(2)3)14-7-13-15-10(4)11(5)17-13/h9,12,14H,6-8H2,1-5H3. The Balaban J connectivity index is 2.45. The minimum absolute atomic E-state index is 0.402. The van der Waals surface area contributed by atoms with Crippen LogP contribution in [0.3, 0.4) is 0 Å². The van der Waals surface area contributed by atoms with Crippen molar-refractivity contribution in [1.29, 1.82) is 0 Å². The predicted octanol–water partition coefficient (Wildman–Crippen LogP) is 2.91. The van der Waals surface area contributed by atoms with Crippen LogP contribution in [-0.4, -0.2) is 24.2 Å². The fourth-order valence-electron chi connectivity index (χ4n) is 1.57. The van der Waals surface area contributed by atoms with Crippen LogP contribution in [0.1, 0.15) is 36.3 Å². The first-order chi connectivity index (χ1) is 8.04. The van der Waals surface area contributed by atoms with E-state index in [0.29, 0.717) is 12.0 Å². The molecule has 0 radical (unpaired) electrons. The van der Waals surface area contributed by atoms with Crippen molar-refractivity contribution < 1.29 is 4.74 Å². The molecule has 1 aromatic rings. The maximum atomic E-state index is 5.49. The van der Waals surface area contributed by atoms with Crippen LogP contribution in [0.2, 0.25) is 0 Å². The van der Waals surface area contributed by atoms with Gasteiger partial charge in [0.05, 0.1) is 12.3 Å². The van der Waals surface area contributed by atoms with Crippen molar-refractivity contribution in [2.45, 2.75) is 47.2 Å². The topological polar surface area (TPSA) is 34.1 Å². The van der Waals surface area contributed by atoms with E-state index < -0.39 is 0 Å². The van der Waals surface area contributed by atoms with Gasteiger partial charge in [-0.25, -0.2) is 4.98 Å². The summed E-state index contributed by atoms with van der Waals surface area (Å²) in [4.78, 5) is 5.85. The van der Waals surface area contributed by atoms with Crippen LogP contribution in [0.5, 0.6) is 0 Å². The second kappa shape index (κ2) is 7.09. The molecule has 0 saturated heterocycles. The molecule has 0 aliphatic carbocycles. The lowest BCUT2D eigenvalue weighted by Gasteiger charge is -2.21. The first kappa shape index (κ1) is 14.6. The Morgan fingerprint density at radius 1 is 1.35 bits per heavy atom. The number of rotatable bonds is 7. The van der Waals surface area contributed by atoms with Gasteiger partial charge in [-0.2, -0.15) is 0 Å². The molecule has 0 aliphatic rings. The summed E-state index contributed by atoms with van der Waals surface area (Å²) in [6.07, 6.45) is 0. The molecule has 17 heavy (non-hydrogen) atoms. The Labute approximate surface area is 109 Å². The average molecular weight is 256 g/mol. The predicted molar refractivity (Wildman–Crippen MR) is 73.5 cm³/mol. The lowest BCUT2D eigenvalue weighted by atomic mass is 10.1. The number of nitrogens with zero attached hydrogens (tertiary/aromatic N) is 1. The van der Waals surface area contributed by atoms with Gasteiger partial charge >= 0.3 is 0 Å². The van der Waals surface area contributed by atoms with Gasteiger partial charge in [0.1, 0.15) is 5.01 Å². The van der Waals surface area contributed by atoms with Crippen molar-refractivity contribution in [1.82, 2.24) is 10.3 Å². The second-order valence-electron chi connectivity index (χ2n) is 4.64. The molecule has 0 fully saturated rings. The highest BCUT2D eigenvalue weighted by molar-refractivity contribution is 7.11. The van der Waals surface area contributed by atoms with E-state index in [1.165, 1.54) is 9.88 Å². The van der Waals surface area contributed by atoms with E-state index in [4.69, 9.17) is 4.74 Å². The number of hydrogen-bond donors (Lipinski definition) is 1. The normalized spacial score (nSPS) is 13.3. The van der Waals surface area contributed by atoms with Crippen LogP contribution in [0.4, 0.5) is 0 Å². The lowest BCUT2D eigenvalue weighted by molar-refractivity contribution is 0.108. The second-order valence-corrected chi connectivity index (χ2v) is 5.93. The van der Waals surface area contributed by atoms with Gasteiger partial charge in [-0.05, 0) is 26.7 Å². The number of ether oxygens (including phenoxy) is 1. The summed E-state index contributed by atoms with van der Waals surface area (Å²) in [5.41, 5.74) is 1.15. The minimum atomic E-state index is 0.402. The van der Waals surface area contributed by atoms with Crippen LogP contribution < -0.4 is 5.32 Å². The van der Waals surface area contributed by atoms with E-state index in [9.17, 15) is 0 Å². The van der Waals surface area contributed by atoms with Crippen LogP contribution in [0, 0.1) is 19.8 Å². The third kappa shape index (κ3) is 4.74. The van der Waals surface area contributed by atoms with Crippen LogP contribution in [0.15, 0.2) is 0 Å². The van der Waals surface area contributed by atoms with Crippen molar-refractivity contribution in [3.05, 3.63) is 15.6 Å². The molecule has 4 heteroatoms. The Kier molecular flexibility index (Phi) is 6.09. The number of hydrogen-bond acceptors (Lipinski definition) is 4. The molecule has 0 aliphatic heterocycles. The summed E-state index contributed by atoms with van der Waals surface area (Å²) in [6, 6.07) is 0.402. The summed E-state index contributed by atoms with van der Waals surface area (Å²) >= 11 is 1.78. The van der Waals surface area contributed by atoms with Gasteiger partial charge in [0.15, 0.2) is 0 Å². The number of nitrogens with one attached hydrogen (secondary N) is 1. The van der Waals surface area contributed by atoms with E-state index in [-0.39, 0.29) is 0 Å². The van der Waals surface area contributed by atoms with E-state index in [1.54, 1.807) is 11.3 Å². The zero-order valence-electron chi connectivity index (χ0n) is 11.5. The van der Waals surface area contributed by atoms with Gasteiger partial charge in [0, 0.05) is 24.1 Å². The van der Waals surface area contributed by atoms with E-state index in [1.807, 2.05) is 6.92 Å². The Morgan fingerprint density at radius 3 is 2.53 bits per heavy atom. The van der Waals surface area contributed by atoms with Gasteiger partial charge in [0.2, 0.25) is 0 Å². The molecule has 0 aromatic carbocycles. The monoisotopic (exact) mass is 256 g/mol. The SMILES string of the molecule is CCOCC(NCc1nc(C)c(C)s1)C(C)C. The van der Waals surface area contributed by atoms with Gasteiger partial charge < -0.3 is 10.1 Å². The fourth-order valence-corrected chi connectivity index (χ4v) is 2.45. The van der Waals surface area contributed by atoms with E-state index in [0.717, 1.165) is 25.5 Å². The Hall–Kier alpha value is -0.450. The zero-order chi connectivity index (χ0) is 12.8. The summed E-state index contributed by atoms with van der Waals surface area (Å²) < 4.78 is 5.49. The first-order valence-electron chi connectivity index (χ1n) is 6.28. The molecule has 1 aromatic heterocycles. The minimum Gasteiger partial charge on any atom is -0.380 e. The molecular formula is C13H24N2OS. The summed E-state index contributed by atoms with van der Waals surface area (Å²) in [7, 11) is 0. The van der Waals surface area contributed by atoms with Gasteiger partial charge in [-0.3, -0.25) is 0 Å². The van der Waals surface area contributed by atoms with Crippen LogP contribution in [0.25, 0.3) is 0 Å². The smallest absolute Gasteiger partial charge is 0.107 e. The zero-order valence-corrected chi connectivity index (χ0v) is 12.4. The van der Waals surface area contributed by atoms with Gasteiger partial charge in [-0.15, -0.1) is 11.3 Å². The summed E-state index contributed by atoms with van der Waals surface area (Å²) in [5.74, 6) is 0.573. The third-order valence-corrected chi connectivity index (χ3v) is 3.97. The van der Waals surface area contributed by atoms with Crippen molar-refractivity contribution in [2.75, 3.05) is 13.2 Å². The highest BCUT2D eigenvalue weighted by Gasteiger charge is 2.13. The molecule has 1 unspecified atom stereocenters. The summed E-state index contributed by atoms with van der Waals surface area (Å²) in [5, 5.41) is 4.70. The average Bonchev–Trinajstić information content (AvgIpc) is 2.58.